The molecule has 52 heavy (non-hydrogen) atoms. The number of Topliss-reactive ketones (excluding diaryl/α,β-unsaturated/α-hetero) is 2. The predicted molar refractivity (Wildman–Crippen MR) is 203 cm³/mol. The molecular weight excluding hydrogens is 749 g/mol. The van der Waals surface area contributed by atoms with Gasteiger partial charge in [0.1, 0.15) is 27.9 Å². The standard InChI is InChI=1S/C37H35Cl2N3O8S2/c1-18-13-25(43)30(34(45)37(18)35(46)31-26(48-2)16-27(49-3)32(39)33(31)50-37)23(19-5-8-21(51-4)9-6-19)15-29(44)40-11-12-52-17-28-41-24-14-20(38)7-10-22(24)36(47)42-28/h5-10,14,16,18,23,45H,11-13,15,17H2,1-4H3,(H,40,44)(H,41,42,47)/t18-,23?,37+/m1/s1. The van der Waals surface area contributed by atoms with E-state index in [1.165, 1.54) is 43.8 Å². The minimum atomic E-state index is -1.98. The average molecular weight is 785 g/mol. The monoisotopic (exact) mass is 783 g/mol. The molecule has 2 aliphatic rings. The number of methoxy groups -OCH3 is 2. The number of thioether (sulfide) groups is 2. The Hall–Kier alpha value is -4.17. The van der Waals surface area contributed by atoms with E-state index in [1.807, 2.05) is 18.4 Å². The molecule has 15 heteroatoms. The molecule has 1 aliphatic heterocycles. The highest BCUT2D eigenvalue weighted by atomic mass is 35.5. The number of fused-ring (bicyclic) bond motifs is 2. The molecule has 2 heterocycles. The summed E-state index contributed by atoms with van der Waals surface area (Å²) in [5.41, 5.74) is -1.18. The molecule has 3 atom stereocenters. The number of carbonyl (C=O) groups is 3. The van der Waals surface area contributed by atoms with Crippen molar-refractivity contribution in [3.05, 3.63) is 97.2 Å². The van der Waals surface area contributed by atoms with E-state index in [2.05, 4.69) is 15.3 Å². The summed E-state index contributed by atoms with van der Waals surface area (Å²) in [5.74, 6) is -1.94. The number of aromatic nitrogens is 2. The Morgan fingerprint density at radius 3 is 2.54 bits per heavy atom. The fourth-order valence-electron chi connectivity index (χ4n) is 6.68. The van der Waals surface area contributed by atoms with Crippen molar-refractivity contribution < 1.29 is 33.7 Å². The van der Waals surface area contributed by atoms with Crippen LogP contribution in [0.3, 0.4) is 0 Å². The van der Waals surface area contributed by atoms with Crippen LogP contribution in [0.4, 0.5) is 0 Å². The molecule has 1 unspecified atom stereocenters. The summed E-state index contributed by atoms with van der Waals surface area (Å²) in [7, 11) is 2.80. The van der Waals surface area contributed by atoms with Crippen LogP contribution < -0.4 is 25.1 Å². The number of H-pyrrole nitrogens is 1. The number of ether oxygens (including phenoxy) is 3. The summed E-state index contributed by atoms with van der Waals surface area (Å²) in [5, 5.41) is 16.0. The Balaban J connectivity index is 1.25. The summed E-state index contributed by atoms with van der Waals surface area (Å²) in [4.78, 5) is 62.4. The number of nitrogens with one attached hydrogen (secondary N) is 2. The molecule has 1 amide bonds. The molecule has 272 valence electrons. The number of aromatic amines is 1. The Morgan fingerprint density at radius 1 is 1.12 bits per heavy atom. The number of aliphatic hydroxyl groups excluding tert-OH is 1. The van der Waals surface area contributed by atoms with Gasteiger partial charge in [0.05, 0.1) is 30.9 Å². The molecule has 0 saturated heterocycles. The Morgan fingerprint density at radius 2 is 1.85 bits per heavy atom. The fourth-order valence-corrected chi connectivity index (χ4v) is 8.24. The normalized spacial score (nSPS) is 18.8. The van der Waals surface area contributed by atoms with Gasteiger partial charge in [0.15, 0.2) is 17.3 Å². The molecule has 4 aromatic rings. The van der Waals surface area contributed by atoms with Crippen molar-refractivity contribution in [2.45, 2.75) is 41.9 Å². The zero-order valence-corrected chi connectivity index (χ0v) is 31.8. The summed E-state index contributed by atoms with van der Waals surface area (Å²) in [6.45, 7) is 1.93. The number of hydrogen-bond acceptors (Lipinski definition) is 11. The van der Waals surface area contributed by atoms with Gasteiger partial charge >= 0.3 is 0 Å². The first-order valence-corrected chi connectivity index (χ1v) is 19.4. The van der Waals surface area contributed by atoms with E-state index in [-0.39, 0.29) is 64.3 Å². The summed E-state index contributed by atoms with van der Waals surface area (Å²) in [6, 6.07) is 13.7. The van der Waals surface area contributed by atoms with Crippen molar-refractivity contribution in [1.82, 2.24) is 15.3 Å². The minimum absolute atomic E-state index is 0.0159. The van der Waals surface area contributed by atoms with Crippen LogP contribution in [0.2, 0.25) is 10.0 Å². The number of allylic oxidation sites excluding steroid dienone is 1. The topological polar surface area (TPSA) is 157 Å². The van der Waals surface area contributed by atoms with E-state index < -0.39 is 34.8 Å². The number of benzene rings is 3. The smallest absolute Gasteiger partial charge is 0.258 e. The van der Waals surface area contributed by atoms with Gasteiger partial charge in [-0.1, -0.05) is 42.3 Å². The number of nitrogens with zero attached hydrogens (tertiary/aromatic N) is 1. The van der Waals surface area contributed by atoms with Crippen LogP contribution in [0.5, 0.6) is 17.2 Å². The van der Waals surface area contributed by atoms with Crippen LogP contribution in [0.1, 0.15) is 47.4 Å². The SMILES string of the molecule is COc1cc(OC)c2c(c1Cl)O[C@]1(C2=O)C(O)=C(C(CC(=O)NCCSCc2nc3cc(Cl)ccc3c(=O)[nH]2)c2ccc(SC)cc2)C(=O)C[C@H]1C. The number of ketones is 2. The van der Waals surface area contributed by atoms with Crippen LogP contribution in [-0.2, 0) is 15.3 Å². The van der Waals surface area contributed by atoms with E-state index in [4.69, 9.17) is 37.4 Å². The average Bonchev–Trinajstić information content (AvgIpc) is 3.44. The van der Waals surface area contributed by atoms with Crippen molar-refractivity contribution in [2.24, 2.45) is 5.92 Å². The van der Waals surface area contributed by atoms with E-state index >= 15 is 0 Å². The maximum Gasteiger partial charge on any atom is 0.258 e. The van der Waals surface area contributed by atoms with Crippen LogP contribution in [0.25, 0.3) is 10.9 Å². The lowest BCUT2D eigenvalue weighted by atomic mass is 9.69. The van der Waals surface area contributed by atoms with Crippen molar-refractivity contribution in [1.29, 1.82) is 0 Å². The van der Waals surface area contributed by atoms with Gasteiger partial charge in [-0.2, -0.15) is 11.8 Å². The molecule has 0 radical (unpaired) electrons. The third kappa shape index (κ3) is 6.87. The molecule has 0 bridgehead atoms. The highest BCUT2D eigenvalue weighted by Crippen LogP contribution is 2.55. The van der Waals surface area contributed by atoms with Crippen molar-refractivity contribution in [3.63, 3.8) is 0 Å². The van der Waals surface area contributed by atoms with Crippen molar-refractivity contribution in [3.8, 4) is 17.2 Å². The lowest BCUT2D eigenvalue weighted by Gasteiger charge is -2.38. The van der Waals surface area contributed by atoms with Gasteiger partial charge in [0, 0.05) is 58.5 Å². The second kappa shape index (κ2) is 15.4. The second-order valence-electron chi connectivity index (χ2n) is 12.4. The lowest BCUT2D eigenvalue weighted by Crippen LogP contribution is -2.53. The fraction of sp³-hybridized carbons (Fsp3) is 0.324. The minimum Gasteiger partial charge on any atom is -0.507 e. The van der Waals surface area contributed by atoms with Gasteiger partial charge in [0.2, 0.25) is 17.3 Å². The zero-order valence-electron chi connectivity index (χ0n) is 28.6. The first-order valence-electron chi connectivity index (χ1n) is 16.2. The Labute approximate surface area is 317 Å². The lowest BCUT2D eigenvalue weighted by molar-refractivity contribution is -0.121. The molecule has 1 aliphatic carbocycles. The van der Waals surface area contributed by atoms with Crippen molar-refractivity contribution >= 4 is 75.1 Å². The zero-order chi connectivity index (χ0) is 37.3. The first-order chi connectivity index (χ1) is 24.9. The molecule has 0 fully saturated rings. The van der Waals surface area contributed by atoms with Crippen LogP contribution in [-0.4, -0.2) is 70.9 Å². The quantitative estimate of drug-likeness (QED) is 0.101. The van der Waals surface area contributed by atoms with Gasteiger partial charge in [-0.25, -0.2) is 4.98 Å². The number of hydrogen-bond donors (Lipinski definition) is 3. The van der Waals surface area contributed by atoms with Gasteiger partial charge in [-0.05, 0) is 42.2 Å². The van der Waals surface area contributed by atoms with Crippen LogP contribution in [0, 0.1) is 5.92 Å². The molecule has 11 nitrogen and oxygen atoms in total. The van der Waals surface area contributed by atoms with E-state index in [0.29, 0.717) is 38.8 Å². The number of amides is 1. The van der Waals surface area contributed by atoms with Gasteiger partial charge in [-0.15, -0.1) is 11.8 Å². The second-order valence-corrected chi connectivity index (χ2v) is 15.2. The highest BCUT2D eigenvalue weighted by Gasteiger charge is 2.61. The van der Waals surface area contributed by atoms with Gasteiger partial charge in [0.25, 0.3) is 5.56 Å². The highest BCUT2D eigenvalue weighted by molar-refractivity contribution is 7.98. The van der Waals surface area contributed by atoms with E-state index in [9.17, 15) is 24.3 Å². The van der Waals surface area contributed by atoms with Crippen LogP contribution in [0.15, 0.2) is 69.6 Å². The predicted octanol–water partition coefficient (Wildman–Crippen LogP) is 6.93. The number of aliphatic hydroxyl groups is 1. The van der Waals surface area contributed by atoms with Gasteiger partial charge in [-0.3, -0.25) is 19.2 Å². The Kier molecular flexibility index (Phi) is 11.2. The van der Waals surface area contributed by atoms with E-state index in [0.717, 1.165) is 4.90 Å². The van der Waals surface area contributed by atoms with Crippen molar-refractivity contribution in [2.75, 3.05) is 32.8 Å². The molecular formula is C37H35Cl2N3O8S2. The van der Waals surface area contributed by atoms with Gasteiger partial charge < -0.3 is 29.6 Å². The third-order valence-electron chi connectivity index (χ3n) is 9.29. The summed E-state index contributed by atoms with van der Waals surface area (Å²) >= 11 is 15.7. The third-order valence-corrected chi connectivity index (χ3v) is 11.6. The molecule has 6 rings (SSSR count). The van der Waals surface area contributed by atoms with E-state index in [1.54, 1.807) is 37.3 Å². The number of carbonyl (C=O) groups excluding carboxylic acids is 3. The van der Waals surface area contributed by atoms with Crippen LogP contribution >= 0.6 is 46.7 Å². The molecule has 0 saturated carbocycles. The Bertz CT molecular complexity index is 2180. The number of rotatable bonds is 12. The molecule has 3 aromatic carbocycles. The summed E-state index contributed by atoms with van der Waals surface area (Å²) in [6.07, 6.45) is 1.60. The largest absolute Gasteiger partial charge is 0.507 e. The molecule has 1 spiro atoms. The first kappa shape index (κ1) is 37.6. The summed E-state index contributed by atoms with van der Waals surface area (Å²) < 4.78 is 17.2. The maximum atomic E-state index is 14.3. The molecule has 1 aromatic heterocycles. The molecule has 3 N–H and O–H groups in total. The maximum absolute atomic E-state index is 14.3. The number of halogens is 2.